The van der Waals surface area contributed by atoms with Crippen LogP contribution in [0.5, 0.6) is 0 Å². The van der Waals surface area contributed by atoms with Crippen molar-refractivity contribution >= 4 is 11.6 Å². The summed E-state index contributed by atoms with van der Waals surface area (Å²) >= 11 is 0. The van der Waals surface area contributed by atoms with Crippen molar-refractivity contribution in [3.05, 3.63) is 24.3 Å². The summed E-state index contributed by atoms with van der Waals surface area (Å²) in [5.41, 5.74) is 0.147. The summed E-state index contributed by atoms with van der Waals surface area (Å²) in [6, 6.07) is 1.42. The van der Waals surface area contributed by atoms with Gasteiger partial charge in [0.25, 0.3) is 0 Å². The molecule has 17 heavy (non-hydrogen) atoms. The highest BCUT2D eigenvalue weighted by atomic mass is 19.1. The second-order valence-corrected chi connectivity index (χ2v) is 3.80. The molecule has 2 N–H and O–H groups in total. The zero-order valence-electron chi connectivity index (χ0n) is 9.28. The number of hydrogen-bond donors (Lipinski definition) is 2. The number of carbonyl (C=O) groups is 1. The first kappa shape index (κ1) is 11.9. The SMILES string of the molecule is O=C(CC1CNCCO1)Nc1ccncc1F. The minimum absolute atomic E-state index is 0.145. The van der Waals surface area contributed by atoms with Gasteiger partial charge in [-0.3, -0.25) is 9.78 Å². The molecule has 1 atom stereocenters. The van der Waals surface area contributed by atoms with E-state index in [1.54, 1.807) is 0 Å². The molecule has 1 fully saturated rings. The van der Waals surface area contributed by atoms with E-state index in [4.69, 9.17) is 4.74 Å². The number of carbonyl (C=O) groups excluding carboxylic acids is 1. The number of ether oxygens (including phenoxy) is 1. The monoisotopic (exact) mass is 239 g/mol. The second-order valence-electron chi connectivity index (χ2n) is 3.80. The van der Waals surface area contributed by atoms with Crippen LogP contribution in [-0.2, 0) is 9.53 Å². The average Bonchev–Trinajstić information content (AvgIpc) is 2.33. The molecule has 1 aromatic rings. The molecule has 2 heterocycles. The molecule has 1 amide bonds. The Kier molecular flexibility index (Phi) is 4.00. The van der Waals surface area contributed by atoms with Crippen LogP contribution in [0.25, 0.3) is 0 Å². The molecule has 0 saturated carbocycles. The number of morpholine rings is 1. The van der Waals surface area contributed by atoms with Crippen molar-refractivity contribution in [1.82, 2.24) is 10.3 Å². The zero-order valence-corrected chi connectivity index (χ0v) is 9.28. The van der Waals surface area contributed by atoms with Crippen LogP contribution in [-0.4, -0.2) is 36.7 Å². The Labute approximate surface area is 98.4 Å². The molecule has 2 rings (SSSR count). The van der Waals surface area contributed by atoms with Crippen LogP contribution in [0.4, 0.5) is 10.1 Å². The maximum Gasteiger partial charge on any atom is 0.227 e. The van der Waals surface area contributed by atoms with Gasteiger partial charge in [-0.25, -0.2) is 4.39 Å². The number of anilines is 1. The van der Waals surface area contributed by atoms with Crippen molar-refractivity contribution in [2.24, 2.45) is 0 Å². The Morgan fingerprint density at radius 1 is 1.71 bits per heavy atom. The van der Waals surface area contributed by atoms with Gasteiger partial charge in [0.05, 0.1) is 31.0 Å². The van der Waals surface area contributed by atoms with Crippen LogP contribution in [0.2, 0.25) is 0 Å². The van der Waals surface area contributed by atoms with Crippen LogP contribution in [0.1, 0.15) is 6.42 Å². The highest BCUT2D eigenvalue weighted by molar-refractivity contribution is 5.91. The molecule has 1 aliphatic heterocycles. The van der Waals surface area contributed by atoms with Gasteiger partial charge < -0.3 is 15.4 Å². The number of amides is 1. The first-order valence-electron chi connectivity index (χ1n) is 5.47. The van der Waals surface area contributed by atoms with Gasteiger partial charge in [0.1, 0.15) is 0 Å². The minimum atomic E-state index is -0.538. The first-order valence-corrected chi connectivity index (χ1v) is 5.47. The molecule has 1 saturated heterocycles. The molecule has 0 bridgehead atoms. The van der Waals surface area contributed by atoms with Gasteiger partial charge in [0.2, 0.25) is 5.91 Å². The van der Waals surface area contributed by atoms with Gasteiger partial charge >= 0.3 is 0 Å². The number of nitrogens with one attached hydrogen (secondary N) is 2. The Morgan fingerprint density at radius 3 is 3.29 bits per heavy atom. The van der Waals surface area contributed by atoms with Gasteiger partial charge in [0.15, 0.2) is 5.82 Å². The summed E-state index contributed by atoms with van der Waals surface area (Å²) in [6.45, 7) is 2.05. The molecule has 0 aromatic carbocycles. The number of aromatic nitrogens is 1. The van der Waals surface area contributed by atoms with Crippen molar-refractivity contribution in [3.8, 4) is 0 Å². The predicted octanol–water partition coefficient (Wildman–Crippen LogP) is 0.538. The lowest BCUT2D eigenvalue weighted by Crippen LogP contribution is -2.40. The summed E-state index contributed by atoms with van der Waals surface area (Å²) in [5.74, 6) is -0.799. The smallest absolute Gasteiger partial charge is 0.227 e. The van der Waals surface area contributed by atoms with Crippen LogP contribution >= 0.6 is 0 Å². The van der Waals surface area contributed by atoms with E-state index in [9.17, 15) is 9.18 Å². The summed E-state index contributed by atoms with van der Waals surface area (Å²) < 4.78 is 18.6. The van der Waals surface area contributed by atoms with Gasteiger partial charge in [-0.1, -0.05) is 0 Å². The van der Waals surface area contributed by atoms with Crippen LogP contribution in [0.3, 0.4) is 0 Å². The molecule has 1 aliphatic rings. The Balaban J connectivity index is 1.86. The van der Waals surface area contributed by atoms with Gasteiger partial charge in [0, 0.05) is 19.3 Å². The van der Waals surface area contributed by atoms with Crippen molar-refractivity contribution in [2.75, 3.05) is 25.0 Å². The molecule has 1 aromatic heterocycles. The number of rotatable bonds is 3. The molecule has 5 nitrogen and oxygen atoms in total. The quantitative estimate of drug-likeness (QED) is 0.808. The molecule has 1 unspecified atom stereocenters. The average molecular weight is 239 g/mol. The molecule has 0 spiro atoms. The molecular formula is C11H14FN3O2. The molecular weight excluding hydrogens is 225 g/mol. The second kappa shape index (κ2) is 5.70. The van der Waals surface area contributed by atoms with Gasteiger partial charge in [-0.15, -0.1) is 0 Å². The van der Waals surface area contributed by atoms with Gasteiger partial charge in [-0.05, 0) is 6.07 Å². The van der Waals surface area contributed by atoms with E-state index in [2.05, 4.69) is 15.6 Å². The zero-order chi connectivity index (χ0) is 12.1. The van der Waals surface area contributed by atoms with Crippen LogP contribution in [0.15, 0.2) is 18.5 Å². The third kappa shape index (κ3) is 3.47. The topological polar surface area (TPSA) is 63.2 Å². The van der Waals surface area contributed by atoms with Crippen LogP contribution in [0, 0.1) is 5.82 Å². The molecule has 92 valence electrons. The maximum atomic E-state index is 13.2. The summed E-state index contributed by atoms with van der Waals surface area (Å²) in [7, 11) is 0. The van der Waals surface area contributed by atoms with Crippen molar-refractivity contribution < 1.29 is 13.9 Å². The van der Waals surface area contributed by atoms with Crippen LogP contribution < -0.4 is 10.6 Å². The Morgan fingerprint density at radius 2 is 2.59 bits per heavy atom. The number of hydrogen-bond acceptors (Lipinski definition) is 4. The predicted molar refractivity (Wildman–Crippen MR) is 60.1 cm³/mol. The fourth-order valence-corrected chi connectivity index (χ4v) is 1.64. The fraction of sp³-hybridized carbons (Fsp3) is 0.455. The van der Waals surface area contributed by atoms with Crippen molar-refractivity contribution in [2.45, 2.75) is 12.5 Å². The standard InChI is InChI=1S/C11H14FN3O2/c12-9-7-13-2-1-10(9)15-11(16)5-8-6-14-3-4-17-8/h1-2,7-8,14H,3-6H2,(H,13,15,16). The fourth-order valence-electron chi connectivity index (χ4n) is 1.64. The van der Waals surface area contributed by atoms with Gasteiger partial charge in [-0.2, -0.15) is 0 Å². The third-order valence-electron chi connectivity index (χ3n) is 2.46. The Bertz CT molecular complexity index is 394. The van der Waals surface area contributed by atoms with E-state index in [0.29, 0.717) is 13.2 Å². The highest BCUT2D eigenvalue weighted by Crippen LogP contribution is 2.12. The Hall–Kier alpha value is -1.53. The lowest BCUT2D eigenvalue weighted by molar-refractivity contribution is -0.119. The highest BCUT2D eigenvalue weighted by Gasteiger charge is 2.17. The van der Waals surface area contributed by atoms with E-state index in [1.807, 2.05) is 0 Å². The summed E-state index contributed by atoms with van der Waals surface area (Å²) in [5, 5.41) is 5.62. The van der Waals surface area contributed by atoms with Crippen molar-refractivity contribution in [3.63, 3.8) is 0 Å². The molecule has 6 heteroatoms. The molecule has 0 aliphatic carbocycles. The van der Waals surface area contributed by atoms with E-state index in [0.717, 1.165) is 12.7 Å². The number of pyridine rings is 1. The lowest BCUT2D eigenvalue weighted by atomic mass is 10.2. The first-order chi connectivity index (χ1) is 8.25. The third-order valence-corrected chi connectivity index (χ3v) is 2.46. The van der Waals surface area contributed by atoms with E-state index in [-0.39, 0.29) is 24.1 Å². The summed E-state index contributed by atoms with van der Waals surface area (Å²) in [6.07, 6.45) is 2.56. The summed E-state index contributed by atoms with van der Waals surface area (Å²) in [4.78, 5) is 15.2. The normalized spacial score (nSPS) is 19.9. The number of halogens is 1. The van der Waals surface area contributed by atoms with Crippen molar-refractivity contribution in [1.29, 1.82) is 0 Å². The van der Waals surface area contributed by atoms with E-state index >= 15 is 0 Å². The lowest BCUT2D eigenvalue weighted by Gasteiger charge is -2.23. The largest absolute Gasteiger partial charge is 0.375 e. The minimum Gasteiger partial charge on any atom is -0.375 e. The van der Waals surface area contributed by atoms with E-state index in [1.165, 1.54) is 12.3 Å². The maximum absolute atomic E-state index is 13.2. The number of nitrogens with zero attached hydrogens (tertiary/aromatic N) is 1. The van der Waals surface area contributed by atoms with E-state index < -0.39 is 5.82 Å². The molecule has 0 radical (unpaired) electrons.